The van der Waals surface area contributed by atoms with Gasteiger partial charge in [0.25, 0.3) is 0 Å². The fourth-order valence-electron chi connectivity index (χ4n) is 13.3. The van der Waals surface area contributed by atoms with Crippen LogP contribution in [0.1, 0.15) is 173 Å². The van der Waals surface area contributed by atoms with Crippen LogP contribution >= 0.6 is 0 Å². The van der Waals surface area contributed by atoms with E-state index in [-0.39, 0.29) is 40.5 Å². The number of nitriles is 7. The van der Waals surface area contributed by atoms with E-state index in [1.54, 1.807) is 289 Å². The van der Waals surface area contributed by atoms with Gasteiger partial charge in [0, 0.05) is 16.7 Å². The summed E-state index contributed by atoms with van der Waals surface area (Å²) in [5, 5.41) is 61.9. The molecule has 0 aliphatic carbocycles. The second-order valence-corrected chi connectivity index (χ2v) is 31.0. The van der Waals surface area contributed by atoms with Gasteiger partial charge in [-0.25, -0.2) is 0 Å². The van der Waals surface area contributed by atoms with Crippen LogP contribution in [0, 0.1) is 107 Å². The Hall–Kier alpha value is -20.0. The lowest BCUT2D eigenvalue weighted by Crippen LogP contribution is -2.02. The Kier molecular flexibility index (Phi) is 44.3. The zero-order valence-electron chi connectivity index (χ0n) is 81.0. The van der Waals surface area contributed by atoms with Crippen molar-refractivity contribution in [3.8, 4) is 82.7 Å². The first-order valence-corrected chi connectivity index (χ1v) is 44.3. The molecule has 0 aliphatic heterocycles. The topological polar surface area (TPSA) is 351 Å². The number of ether oxygens (including phenoxy) is 7. The zero-order valence-corrected chi connectivity index (χ0v) is 81.0. The first kappa shape index (κ1) is 109. The molecule has 0 aromatic heterocycles. The normalized spacial score (nSPS) is 10.3. The molecule has 0 unspecified atom stereocenters. The molecule has 21 heteroatoms. The molecule has 0 saturated carbocycles. The summed E-state index contributed by atoms with van der Waals surface area (Å²) in [5.74, 6) is 3.07. The van der Waals surface area contributed by atoms with E-state index in [4.69, 9.17) is 70.0 Å². The second kappa shape index (κ2) is 58.4. The lowest BCUT2D eigenvalue weighted by molar-refractivity contribution is 0.103. The molecule has 0 bridgehead atoms. The maximum atomic E-state index is 12.4. The van der Waals surface area contributed by atoms with Gasteiger partial charge in [-0.05, 0) is 272 Å². The molecule has 21 nitrogen and oxygen atoms in total. The van der Waals surface area contributed by atoms with E-state index in [0.717, 1.165) is 61.2 Å². The molecule has 0 aliphatic rings. The van der Waals surface area contributed by atoms with Gasteiger partial charge in [-0.2, -0.15) is 36.8 Å². The van der Waals surface area contributed by atoms with Gasteiger partial charge < -0.3 is 33.2 Å². The number of hydrogen-bond donors (Lipinski definition) is 0. The molecule has 14 aromatic carbocycles. The molecule has 14 rings (SSSR count). The maximum Gasteiger partial charge on any atom is 0.193 e. The molecule has 0 atom stereocenters. The van der Waals surface area contributed by atoms with E-state index in [9.17, 15) is 33.6 Å². The van der Waals surface area contributed by atoms with E-state index in [2.05, 4.69) is 42.5 Å². The van der Waals surface area contributed by atoms with Crippen molar-refractivity contribution < 1.29 is 66.7 Å². The predicted octanol–water partition coefficient (Wildman–Crippen LogP) is 25.5. The van der Waals surface area contributed by atoms with Crippen LogP contribution < -0.4 is 33.2 Å². The highest BCUT2D eigenvalue weighted by molar-refractivity contribution is 6.13. The largest absolute Gasteiger partial charge is 0.497 e. The summed E-state index contributed by atoms with van der Waals surface area (Å²) < 4.78 is 36.3. The van der Waals surface area contributed by atoms with Crippen molar-refractivity contribution in [3.05, 3.63) is 497 Å². The van der Waals surface area contributed by atoms with Crippen molar-refractivity contribution >= 4 is 83.0 Å². The quantitative estimate of drug-likeness (QED) is 0.0325. The molecule has 0 saturated heterocycles. The predicted molar refractivity (Wildman–Crippen MR) is 562 cm³/mol. The first-order valence-electron chi connectivity index (χ1n) is 44.3. The molecule has 0 spiro atoms. The summed E-state index contributed by atoms with van der Waals surface area (Å²) >= 11 is 0. The number of rotatable bonds is 28. The van der Waals surface area contributed by atoms with E-state index in [1.807, 2.05) is 125 Å². The van der Waals surface area contributed by atoms with Crippen LogP contribution in [0.2, 0.25) is 0 Å². The summed E-state index contributed by atoms with van der Waals surface area (Å²) in [6, 6.07) is 107. The number of para-hydroxylation sites is 1. The van der Waals surface area contributed by atoms with Crippen molar-refractivity contribution in [3.63, 3.8) is 0 Å². The van der Waals surface area contributed by atoms with E-state index in [0.29, 0.717) is 118 Å². The Morgan fingerprint density at radius 2 is 0.493 bits per heavy atom. The SMILES string of the molecule is COc1cc(C(=O)/C=C/c2cccc(C#N)c2)ccc1C.COc1cc(C)ccc1C(=O)/C=C/c1cccc(C#N)c1.COc1ccc(C)cc1C(=O)/C=C/c1cccc(C#N)c1.COc1cccc(C(=O)/C=C/c2cccc(C#N)c2)c1.COc1cccc(OC)c1C(=O)/C=C/c1cccc(C#N)c1.COc1ccccc1C(=O)/C=C/c1cccc(C#N)c1.Cc1ccc(C(=O)/C=C/c2cccc(C#N)c2)cc1. The van der Waals surface area contributed by atoms with Gasteiger partial charge in [0.15, 0.2) is 40.5 Å². The molecule has 14 aromatic rings. The molecule has 0 N–H and O–H groups in total. The molecular formula is C123H99N7O14. The minimum absolute atomic E-state index is 0.0395. The number of ketones is 7. The van der Waals surface area contributed by atoms with Crippen molar-refractivity contribution in [2.24, 2.45) is 0 Å². The van der Waals surface area contributed by atoms with Crippen LogP contribution in [0.5, 0.6) is 40.2 Å². The lowest BCUT2D eigenvalue weighted by atomic mass is 10.0. The fourth-order valence-corrected chi connectivity index (χ4v) is 13.3. The van der Waals surface area contributed by atoms with Crippen LogP contribution in [-0.4, -0.2) is 90.3 Å². The Balaban J connectivity index is 0.000000205. The van der Waals surface area contributed by atoms with Gasteiger partial charge in [-0.3, -0.25) is 33.6 Å². The van der Waals surface area contributed by atoms with Crippen LogP contribution in [0.3, 0.4) is 0 Å². The molecular weight excluding hydrogens is 1800 g/mol. The molecule has 0 radical (unpaired) electrons. The highest BCUT2D eigenvalue weighted by Gasteiger charge is 2.18. The molecule has 0 fully saturated rings. The van der Waals surface area contributed by atoms with Gasteiger partial charge in [0.1, 0.15) is 45.8 Å². The standard InChI is InChI=1S/C18H15NO3.3C18H15NO2.2C17H13NO2.C17H13NO/c1-21-16-7-4-8-17(22-2)18(16)15(20)10-9-13-5-3-6-14(11-13)12-19;1-13-6-9-18(21-2)16(10-13)17(20)8-7-14-4-3-5-15(11-14)12-19;1-13-6-8-16(11-18(13)21-2)17(20)9-7-14-4-3-5-15(10-14)12-19;1-13-6-8-16(18(10-13)21-2)17(20)9-7-14-4-3-5-15(11-14)12-19;1-20-16-7-3-6-15(11-16)17(19)9-8-13-4-2-5-14(10-13)12-18;1-20-17-8-3-2-7-15(17)16(19)10-9-13-5-4-6-14(11-13)12-18;1-13-5-8-16(9-6-13)17(19)10-7-14-3-2-4-15(11-14)12-18/h3-11H,1-2H3;3*3-11H,1-2H3;2*2-11H,1H3;2-11H,1H3/b10-9+;8-7+;2*9-7+;9-8+;10-9+;10-7+. The minimum atomic E-state index is -0.225. The van der Waals surface area contributed by atoms with E-state index >= 15 is 0 Å². The summed E-state index contributed by atoms with van der Waals surface area (Å²) in [4.78, 5) is 85.2. The lowest BCUT2D eigenvalue weighted by Gasteiger charge is -2.10. The summed E-state index contributed by atoms with van der Waals surface area (Å²) in [6.07, 6.45) is 22.3. The van der Waals surface area contributed by atoms with Crippen LogP contribution in [-0.2, 0) is 0 Å². The Morgan fingerprint density at radius 1 is 0.208 bits per heavy atom. The fraction of sp³-hybridized carbons (Fsp3) is 0.0894. The van der Waals surface area contributed by atoms with Crippen LogP contribution in [0.15, 0.2) is 358 Å². The van der Waals surface area contributed by atoms with Crippen molar-refractivity contribution in [2.75, 3.05) is 49.8 Å². The third-order valence-corrected chi connectivity index (χ3v) is 20.8. The summed E-state index contributed by atoms with van der Waals surface area (Å²) in [6.45, 7) is 7.78. The third-order valence-electron chi connectivity index (χ3n) is 20.8. The summed E-state index contributed by atoms with van der Waals surface area (Å²) in [7, 11) is 10.8. The number of aryl methyl sites for hydroxylation is 4. The molecule has 0 amide bonds. The second-order valence-electron chi connectivity index (χ2n) is 31.0. The first-order chi connectivity index (χ1) is 69.7. The van der Waals surface area contributed by atoms with Crippen molar-refractivity contribution in [1.82, 2.24) is 0 Å². The average Bonchev–Trinajstić information content (AvgIpc) is 0.823. The molecule has 710 valence electrons. The van der Waals surface area contributed by atoms with Gasteiger partial charge in [0.05, 0.1) is 148 Å². The van der Waals surface area contributed by atoms with Gasteiger partial charge in [0.2, 0.25) is 0 Å². The smallest absolute Gasteiger partial charge is 0.193 e. The number of benzene rings is 14. The number of carbonyl (C=O) groups excluding carboxylic acids is 7. The number of allylic oxidation sites excluding steroid dienone is 7. The van der Waals surface area contributed by atoms with Crippen molar-refractivity contribution in [2.45, 2.75) is 27.7 Å². The third kappa shape index (κ3) is 35.3. The van der Waals surface area contributed by atoms with Crippen LogP contribution in [0.25, 0.3) is 42.5 Å². The number of methoxy groups -OCH3 is 7. The van der Waals surface area contributed by atoms with Gasteiger partial charge >= 0.3 is 0 Å². The van der Waals surface area contributed by atoms with Gasteiger partial charge in [-0.15, -0.1) is 0 Å². The number of nitrogens with zero attached hydrogens (tertiary/aromatic N) is 7. The zero-order chi connectivity index (χ0) is 104. The highest BCUT2D eigenvalue weighted by Crippen LogP contribution is 2.31. The molecule has 0 heterocycles. The number of carbonyl (C=O) groups is 7. The highest BCUT2D eigenvalue weighted by atomic mass is 16.5. The van der Waals surface area contributed by atoms with E-state index < -0.39 is 0 Å². The maximum absolute atomic E-state index is 12.4. The summed E-state index contributed by atoms with van der Waals surface area (Å²) in [5.41, 5.74) is 17.6. The molecule has 144 heavy (non-hydrogen) atoms. The Labute approximate surface area is 838 Å². The van der Waals surface area contributed by atoms with E-state index in [1.165, 1.54) is 63.9 Å². The number of hydrogen-bond acceptors (Lipinski definition) is 21. The monoisotopic (exact) mass is 1900 g/mol. The Morgan fingerprint density at radius 3 is 0.861 bits per heavy atom. The van der Waals surface area contributed by atoms with Gasteiger partial charge in [-0.1, -0.05) is 217 Å². The van der Waals surface area contributed by atoms with Crippen LogP contribution in [0.4, 0.5) is 0 Å². The average molecular weight is 1900 g/mol. The van der Waals surface area contributed by atoms with Crippen molar-refractivity contribution in [1.29, 1.82) is 36.8 Å². The Bertz CT molecular complexity index is 7490. The minimum Gasteiger partial charge on any atom is -0.497 e.